The maximum Gasteiger partial charge on any atom is 0.338 e. The first-order valence-electron chi connectivity index (χ1n) is 9.07. The van der Waals surface area contributed by atoms with Gasteiger partial charge in [0.2, 0.25) is 17.7 Å². The zero-order chi connectivity index (χ0) is 19.8. The molecule has 0 radical (unpaired) electrons. The summed E-state index contributed by atoms with van der Waals surface area (Å²) in [6, 6.07) is 8.52. The van der Waals surface area contributed by atoms with Crippen LogP contribution < -0.4 is 5.32 Å². The summed E-state index contributed by atoms with van der Waals surface area (Å²) >= 11 is 1.55. The zero-order valence-electron chi connectivity index (χ0n) is 15.5. The zero-order valence-corrected chi connectivity index (χ0v) is 16.3. The van der Waals surface area contributed by atoms with E-state index < -0.39 is 0 Å². The number of thiophene rings is 1. The molecule has 3 aromatic rings. The van der Waals surface area contributed by atoms with Crippen LogP contribution in [0.5, 0.6) is 0 Å². The molecule has 1 amide bonds. The summed E-state index contributed by atoms with van der Waals surface area (Å²) in [6.45, 7) is 2.45. The molecule has 0 aliphatic heterocycles. The number of hydrogen-bond donors (Lipinski definition) is 1. The maximum atomic E-state index is 12.1. The van der Waals surface area contributed by atoms with Gasteiger partial charge in [0.25, 0.3) is 0 Å². The van der Waals surface area contributed by atoms with E-state index in [1.165, 1.54) is 0 Å². The minimum atomic E-state index is -0.357. The molecule has 3 rings (SSSR count). The van der Waals surface area contributed by atoms with Crippen LogP contribution in [0.1, 0.15) is 42.4 Å². The van der Waals surface area contributed by atoms with Crippen LogP contribution in [0.3, 0.4) is 0 Å². The molecule has 8 heteroatoms. The second-order valence-corrected chi connectivity index (χ2v) is 6.91. The second-order valence-electron chi connectivity index (χ2n) is 6.13. The lowest BCUT2D eigenvalue weighted by atomic mass is 10.2. The Hall–Kier alpha value is -3.00. The fourth-order valence-corrected chi connectivity index (χ4v) is 3.01. The molecular weight excluding hydrogens is 378 g/mol. The van der Waals surface area contributed by atoms with Gasteiger partial charge in [0.05, 0.1) is 12.2 Å². The first-order valence-corrected chi connectivity index (χ1v) is 10.0. The number of esters is 1. The van der Waals surface area contributed by atoms with E-state index in [9.17, 15) is 9.59 Å². The minimum absolute atomic E-state index is 0.173. The number of ether oxygens (including phenoxy) is 1. The second kappa shape index (κ2) is 9.80. The van der Waals surface area contributed by atoms with Crippen LogP contribution >= 0.6 is 11.3 Å². The lowest BCUT2D eigenvalue weighted by Crippen LogP contribution is -2.13. The van der Waals surface area contributed by atoms with Gasteiger partial charge in [-0.15, -0.1) is 10.2 Å². The van der Waals surface area contributed by atoms with Crippen molar-refractivity contribution in [3.05, 3.63) is 52.5 Å². The van der Waals surface area contributed by atoms with Gasteiger partial charge < -0.3 is 14.5 Å². The molecule has 0 saturated heterocycles. The van der Waals surface area contributed by atoms with E-state index >= 15 is 0 Å². The topological polar surface area (TPSA) is 94.3 Å². The molecule has 0 atom stereocenters. The molecule has 1 N–H and O–H groups in total. The van der Waals surface area contributed by atoms with Crippen molar-refractivity contribution in [1.82, 2.24) is 10.2 Å². The molecule has 0 aliphatic carbocycles. The molecule has 1 aromatic carbocycles. The van der Waals surface area contributed by atoms with Gasteiger partial charge >= 0.3 is 5.97 Å². The highest BCUT2D eigenvalue weighted by atomic mass is 32.1. The molecule has 0 aliphatic rings. The van der Waals surface area contributed by atoms with Crippen molar-refractivity contribution in [1.29, 1.82) is 0 Å². The summed E-state index contributed by atoms with van der Waals surface area (Å²) in [4.78, 5) is 24.0. The normalized spacial score (nSPS) is 10.6. The number of benzene rings is 1. The molecular formula is C20H21N3O4S. The summed E-state index contributed by atoms with van der Waals surface area (Å²) in [7, 11) is 0. The quantitative estimate of drug-likeness (QED) is 0.425. The molecule has 0 spiro atoms. The van der Waals surface area contributed by atoms with Crippen LogP contribution in [-0.4, -0.2) is 28.7 Å². The summed E-state index contributed by atoms with van der Waals surface area (Å²) in [5.74, 6) is 0.345. The molecule has 0 saturated carbocycles. The van der Waals surface area contributed by atoms with Crippen molar-refractivity contribution in [2.24, 2.45) is 0 Å². The molecule has 2 heterocycles. The minimum Gasteiger partial charge on any atom is -0.462 e. The van der Waals surface area contributed by atoms with E-state index in [0.717, 1.165) is 18.4 Å². The van der Waals surface area contributed by atoms with Crippen LogP contribution in [-0.2, 0) is 16.0 Å². The summed E-state index contributed by atoms with van der Waals surface area (Å²) in [6.07, 6.45) is 2.38. The summed E-state index contributed by atoms with van der Waals surface area (Å²) in [5, 5.41) is 14.6. The highest BCUT2D eigenvalue weighted by Crippen LogP contribution is 2.21. The van der Waals surface area contributed by atoms with Crippen molar-refractivity contribution in [2.75, 3.05) is 11.9 Å². The third kappa shape index (κ3) is 5.50. The number of anilines is 1. The lowest BCUT2D eigenvalue weighted by molar-refractivity contribution is -0.116. The number of nitrogens with zero attached hydrogens (tertiary/aromatic N) is 2. The Bertz CT molecular complexity index is 904. The van der Waals surface area contributed by atoms with E-state index in [0.29, 0.717) is 36.1 Å². The standard InChI is InChI=1S/C20H21N3O4S/c1-2-3-11-26-20(25)14-4-6-16(7-5-14)21-17(24)8-9-18-22-23-19(27-18)15-10-12-28-13-15/h4-7,10,12-13H,2-3,8-9,11H2,1H3,(H,21,24). The fraction of sp³-hybridized carbons (Fsp3) is 0.300. The van der Waals surface area contributed by atoms with Gasteiger partial charge in [-0.25, -0.2) is 4.79 Å². The van der Waals surface area contributed by atoms with Gasteiger partial charge in [0, 0.05) is 29.5 Å². The van der Waals surface area contributed by atoms with Gasteiger partial charge in [-0.1, -0.05) is 13.3 Å². The average molecular weight is 399 g/mol. The van der Waals surface area contributed by atoms with Crippen LogP contribution in [0.15, 0.2) is 45.5 Å². The Balaban J connectivity index is 1.46. The third-order valence-corrected chi connectivity index (χ3v) is 4.62. The Morgan fingerprint density at radius 3 is 2.71 bits per heavy atom. The molecule has 28 heavy (non-hydrogen) atoms. The van der Waals surface area contributed by atoms with Gasteiger partial charge in [0.1, 0.15) is 0 Å². The number of aromatic nitrogens is 2. The Morgan fingerprint density at radius 1 is 1.18 bits per heavy atom. The van der Waals surface area contributed by atoms with Crippen molar-refractivity contribution >= 4 is 28.9 Å². The number of nitrogens with one attached hydrogen (secondary N) is 1. The number of rotatable bonds is 9. The third-order valence-electron chi connectivity index (χ3n) is 3.94. The number of hydrogen-bond acceptors (Lipinski definition) is 7. The largest absolute Gasteiger partial charge is 0.462 e. The molecule has 0 bridgehead atoms. The Kier molecular flexibility index (Phi) is 6.91. The van der Waals surface area contributed by atoms with Gasteiger partial charge in [-0.2, -0.15) is 11.3 Å². The van der Waals surface area contributed by atoms with Crippen molar-refractivity contribution < 1.29 is 18.7 Å². The number of carbonyl (C=O) groups excluding carboxylic acids is 2. The van der Waals surface area contributed by atoms with Gasteiger partial charge in [-0.05, 0) is 42.1 Å². The number of unbranched alkanes of at least 4 members (excludes halogenated alkanes) is 1. The van der Waals surface area contributed by atoms with Crippen molar-refractivity contribution in [3.63, 3.8) is 0 Å². The maximum absolute atomic E-state index is 12.1. The number of aryl methyl sites for hydroxylation is 1. The van der Waals surface area contributed by atoms with Crippen molar-refractivity contribution in [2.45, 2.75) is 32.6 Å². The van der Waals surface area contributed by atoms with Crippen LogP contribution in [0.25, 0.3) is 11.5 Å². The van der Waals surface area contributed by atoms with Crippen LogP contribution in [0, 0.1) is 0 Å². The lowest BCUT2D eigenvalue weighted by Gasteiger charge is -2.06. The number of amides is 1. The molecule has 0 unspecified atom stereocenters. The highest BCUT2D eigenvalue weighted by Gasteiger charge is 2.12. The van der Waals surface area contributed by atoms with E-state index in [-0.39, 0.29) is 18.3 Å². The molecule has 2 aromatic heterocycles. The number of carbonyl (C=O) groups is 2. The predicted molar refractivity (Wildman–Crippen MR) is 106 cm³/mol. The fourth-order valence-electron chi connectivity index (χ4n) is 2.38. The highest BCUT2D eigenvalue weighted by molar-refractivity contribution is 7.08. The van der Waals surface area contributed by atoms with E-state index in [4.69, 9.17) is 9.15 Å². The Morgan fingerprint density at radius 2 is 2.00 bits per heavy atom. The molecule has 146 valence electrons. The first kappa shape index (κ1) is 19.8. The predicted octanol–water partition coefficient (Wildman–Crippen LogP) is 4.33. The summed E-state index contributed by atoms with van der Waals surface area (Å²) < 4.78 is 10.7. The molecule has 7 nitrogen and oxygen atoms in total. The van der Waals surface area contributed by atoms with Crippen LogP contribution in [0.2, 0.25) is 0 Å². The SMILES string of the molecule is CCCCOC(=O)c1ccc(NC(=O)CCc2nnc(-c3ccsc3)o2)cc1. The Labute approximate surface area is 166 Å². The first-order chi connectivity index (χ1) is 13.7. The average Bonchev–Trinajstić information content (AvgIpc) is 3.39. The summed E-state index contributed by atoms with van der Waals surface area (Å²) in [5.41, 5.74) is 1.95. The van der Waals surface area contributed by atoms with Gasteiger partial charge in [-0.3, -0.25) is 4.79 Å². The van der Waals surface area contributed by atoms with Crippen LogP contribution in [0.4, 0.5) is 5.69 Å². The van der Waals surface area contributed by atoms with E-state index in [1.54, 1.807) is 35.6 Å². The van der Waals surface area contributed by atoms with E-state index in [1.807, 2.05) is 23.8 Å². The monoisotopic (exact) mass is 399 g/mol. The van der Waals surface area contributed by atoms with Crippen molar-refractivity contribution in [3.8, 4) is 11.5 Å². The van der Waals surface area contributed by atoms with E-state index in [2.05, 4.69) is 15.5 Å². The smallest absolute Gasteiger partial charge is 0.338 e. The molecule has 0 fully saturated rings. The van der Waals surface area contributed by atoms with Gasteiger partial charge in [0.15, 0.2) is 0 Å².